The number of methoxy groups -OCH3 is 3. The summed E-state index contributed by atoms with van der Waals surface area (Å²) in [6, 6.07) is 6.03. The third-order valence-electron chi connectivity index (χ3n) is 5.88. The van der Waals surface area contributed by atoms with E-state index < -0.39 is 0 Å². The van der Waals surface area contributed by atoms with E-state index in [-0.39, 0.29) is 23.8 Å². The van der Waals surface area contributed by atoms with Crippen LogP contribution < -0.4 is 9.47 Å². The summed E-state index contributed by atoms with van der Waals surface area (Å²) in [6.45, 7) is 2.51. The van der Waals surface area contributed by atoms with Gasteiger partial charge in [0.2, 0.25) is 5.91 Å². The average Bonchev–Trinajstić information content (AvgIpc) is 3.20. The quantitative estimate of drug-likeness (QED) is 0.694. The summed E-state index contributed by atoms with van der Waals surface area (Å²) in [5, 5.41) is 0. The van der Waals surface area contributed by atoms with Crippen LogP contribution in [0.5, 0.6) is 11.5 Å². The molecule has 28 heavy (non-hydrogen) atoms. The second kappa shape index (κ2) is 9.28. The number of carbonyl (C=O) groups excluding carboxylic acids is 2. The number of hydrogen-bond acceptors (Lipinski definition) is 6. The highest BCUT2D eigenvalue weighted by atomic mass is 16.5. The predicted octanol–water partition coefficient (Wildman–Crippen LogP) is 2.25. The first-order chi connectivity index (χ1) is 13.6. The Morgan fingerprint density at radius 1 is 1.04 bits per heavy atom. The molecule has 0 aromatic heterocycles. The van der Waals surface area contributed by atoms with Gasteiger partial charge in [0.1, 0.15) is 11.5 Å². The number of rotatable bonds is 6. The van der Waals surface area contributed by atoms with Crippen molar-refractivity contribution in [1.82, 2.24) is 9.80 Å². The number of benzene rings is 1. The zero-order chi connectivity index (χ0) is 20.1. The molecule has 2 aliphatic heterocycles. The number of likely N-dealkylation sites (tertiary alicyclic amines) is 2. The van der Waals surface area contributed by atoms with Gasteiger partial charge in [-0.25, -0.2) is 0 Å². The van der Waals surface area contributed by atoms with Crippen molar-refractivity contribution in [2.24, 2.45) is 5.92 Å². The van der Waals surface area contributed by atoms with Crippen LogP contribution in [0.15, 0.2) is 18.2 Å². The van der Waals surface area contributed by atoms with Gasteiger partial charge < -0.3 is 19.1 Å². The van der Waals surface area contributed by atoms with Gasteiger partial charge in [0.15, 0.2) is 0 Å². The molecule has 0 unspecified atom stereocenters. The third kappa shape index (κ3) is 4.41. The maximum atomic E-state index is 12.8. The largest absolute Gasteiger partial charge is 0.497 e. The van der Waals surface area contributed by atoms with E-state index in [4.69, 9.17) is 14.2 Å². The number of carbonyl (C=O) groups is 2. The Hall–Kier alpha value is -2.28. The van der Waals surface area contributed by atoms with Gasteiger partial charge >= 0.3 is 5.97 Å². The lowest BCUT2D eigenvalue weighted by Crippen LogP contribution is -2.45. The lowest BCUT2D eigenvalue weighted by molar-refractivity contribution is -0.149. The molecular weight excluding hydrogens is 360 g/mol. The molecule has 7 nitrogen and oxygen atoms in total. The van der Waals surface area contributed by atoms with Crippen LogP contribution in [-0.4, -0.2) is 69.2 Å². The number of nitrogens with zero attached hydrogens (tertiary/aromatic N) is 2. The third-order valence-corrected chi connectivity index (χ3v) is 5.88. The smallest absolute Gasteiger partial charge is 0.308 e. The van der Waals surface area contributed by atoms with Gasteiger partial charge in [0.05, 0.1) is 33.8 Å². The minimum atomic E-state index is -0.168. The first-order valence-electron chi connectivity index (χ1n) is 9.89. The highest BCUT2D eigenvalue weighted by Crippen LogP contribution is 2.38. The summed E-state index contributed by atoms with van der Waals surface area (Å²) in [5.41, 5.74) is 1.10. The van der Waals surface area contributed by atoms with Crippen LogP contribution >= 0.6 is 0 Å². The lowest BCUT2D eigenvalue weighted by atomic mass is 9.97. The summed E-state index contributed by atoms with van der Waals surface area (Å²) in [7, 11) is 4.72. The van der Waals surface area contributed by atoms with E-state index in [0.29, 0.717) is 32.5 Å². The second-order valence-electron chi connectivity index (χ2n) is 7.41. The highest BCUT2D eigenvalue weighted by molar-refractivity contribution is 5.79. The maximum absolute atomic E-state index is 12.8. The van der Waals surface area contributed by atoms with E-state index in [2.05, 4.69) is 4.90 Å². The lowest BCUT2D eigenvalue weighted by Gasteiger charge is -2.33. The van der Waals surface area contributed by atoms with Crippen LogP contribution in [0.3, 0.4) is 0 Å². The molecule has 0 saturated carbocycles. The average molecular weight is 390 g/mol. The molecule has 0 spiro atoms. The fourth-order valence-electron chi connectivity index (χ4n) is 4.27. The molecule has 7 heteroatoms. The van der Waals surface area contributed by atoms with Gasteiger partial charge in [-0.3, -0.25) is 14.5 Å². The molecule has 1 amide bonds. The Morgan fingerprint density at radius 2 is 1.79 bits per heavy atom. The van der Waals surface area contributed by atoms with Gasteiger partial charge in [0, 0.05) is 30.8 Å². The van der Waals surface area contributed by atoms with E-state index >= 15 is 0 Å². The molecular formula is C21H30N2O5. The van der Waals surface area contributed by atoms with E-state index in [1.807, 2.05) is 23.1 Å². The van der Waals surface area contributed by atoms with Crippen LogP contribution in [0, 0.1) is 5.92 Å². The summed E-state index contributed by atoms with van der Waals surface area (Å²) >= 11 is 0. The molecule has 1 aromatic rings. The van der Waals surface area contributed by atoms with Crippen LogP contribution in [-0.2, 0) is 14.3 Å². The molecule has 0 aliphatic carbocycles. The predicted molar refractivity (Wildman–Crippen MR) is 104 cm³/mol. The van der Waals surface area contributed by atoms with Crippen molar-refractivity contribution < 1.29 is 23.8 Å². The molecule has 2 saturated heterocycles. The number of ether oxygens (including phenoxy) is 3. The number of esters is 1. The van der Waals surface area contributed by atoms with Crippen molar-refractivity contribution in [2.75, 3.05) is 47.5 Å². The standard InChI is InChI=1S/C21H30N2O5/c1-26-16-6-7-17(19(13-16)27-2)18-5-4-10-23(18)14-20(24)22-11-8-15(9-12-22)21(25)28-3/h6-7,13,15,18H,4-5,8-12,14H2,1-3H3/t18-/m0/s1. The fraction of sp³-hybridized carbons (Fsp3) is 0.619. The summed E-state index contributed by atoms with van der Waals surface area (Å²) in [4.78, 5) is 28.6. The van der Waals surface area contributed by atoms with E-state index in [1.165, 1.54) is 7.11 Å². The molecule has 3 rings (SSSR count). The van der Waals surface area contributed by atoms with Gasteiger partial charge in [-0.2, -0.15) is 0 Å². The van der Waals surface area contributed by atoms with E-state index in [0.717, 1.165) is 36.4 Å². The molecule has 1 atom stereocenters. The molecule has 2 aliphatic rings. The normalized spacial score (nSPS) is 20.8. The van der Waals surface area contributed by atoms with Crippen molar-refractivity contribution in [2.45, 2.75) is 31.7 Å². The van der Waals surface area contributed by atoms with Crippen LogP contribution in [0.2, 0.25) is 0 Å². The van der Waals surface area contributed by atoms with Gasteiger partial charge in [-0.1, -0.05) is 6.07 Å². The Labute approximate surface area is 166 Å². The molecule has 1 aromatic carbocycles. The molecule has 0 bridgehead atoms. The molecule has 154 valence electrons. The minimum absolute atomic E-state index is 0.0860. The second-order valence-corrected chi connectivity index (χ2v) is 7.41. The summed E-state index contributed by atoms with van der Waals surface area (Å²) < 4.78 is 15.7. The first-order valence-corrected chi connectivity index (χ1v) is 9.89. The maximum Gasteiger partial charge on any atom is 0.308 e. The Morgan fingerprint density at radius 3 is 2.43 bits per heavy atom. The van der Waals surface area contributed by atoms with Crippen molar-refractivity contribution >= 4 is 11.9 Å². The monoisotopic (exact) mass is 390 g/mol. The number of hydrogen-bond donors (Lipinski definition) is 0. The fourth-order valence-corrected chi connectivity index (χ4v) is 4.27. The summed E-state index contributed by atoms with van der Waals surface area (Å²) in [6.07, 6.45) is 3.40. The van der Waals surface area contributed by atoms with Crippen LogP contribution in [0.1, 0.15) is 37.3 Å². The van der Waals surface area contributed by atoms with Gasteiger partial charge in [0.25, 0.3) is 0 Å². The topological polar surface area (TPSA) is 68.3 Å². The van der Waals surface area contributed by atoms with Gasteiger partial charge in [-0.15, -0.1) is 0 Å². The Balaban J connectivity index is 1.63. The highest BCUT2D eigenvalue weighted by Gasteiger charge is 2.33. The van der Waals surface area contributed by atoms with Crippen molar-refractivity contribution in [3.63, 3.8) is 0 Å². The van der Waals surface area contributed by atoms with Crippen molar-refractivity contribution in [3.05, 3.63) is 23.8 Å². The number of piperidine rings is 1. The molecule has 0 N–H and O–H groups in total. The van der Waals surface area contributed by atoms with E-state index in [9.17, 15) is 9.59 Å². The first kappa shape index (κ1) is 20.5. The van der Waals surface area contributed by atoms with E-state index in [1.54, 1.807) is 14.2 Å². The molecule has 0 radical (unpaired) electrons. The summed E-state index contributed by atoms with van der Waals surface area (Å²) in [5.74, 6) is 1.43. The van der Waals surface area contributed by atoms with Crippen LogP contribution in [0.25, 0.3) is 0 Å². The van der Waals surface area contributed by atoms with Crippen molar-refractivity contribution in [1.29, 1.82) is 0 Å². The molecule has 2 fully saturated rings. The van der Waals surface area contributed by atoms with Crippen molar-refractivity contribution in [3.8, 4) is 11.5 Å². The Kier molecular flexibility index (Phi) is 6.78. The Bertz CT molecular complexity index is 700. The zero-order valence-corrected chi connectivity index (χ0v) is 17.0. The van der Waals surface area contributed by atoms with Crippen LogP contribution in [0.4, 0.5) is 0 Å². The zero-order valence-electron chi connectivity index (χ0n) is 17.0. The molecule has 2 heterocycles. The minimum Gasteiger partial charge on any atom is -0.497 e. The SMILES string of the molecule is COC(=O)C1CCN(C(=O)CN2CCC[C@H]2c2ccc(OC)cc2OC)CC1. The number of amides is 1. The van der Waals surface area contributed by atoms with Gasteiger partial charge in [-0.05, 0) is 38.3 Å².